The van der Waals surface area contributed by atoms with Gasteiger partial charge in [0.1, 0.15) is 5.56 Å². The van der Waals surface area contributed by atoms with E-state index in [2.05, 4.69) is 26.3 Å². The van der Waals surface area contributed by atoms with Crippen LogP contribution in [-0.4, -0.2) is 20.9 Å². The van der Waals surface area contributed by atoms with Gasteiger partial charge in [0.05, 0.1) is 11.9 Å². The Balaban J connectivity index is 2.00. The molecular weight excluding hydrogens is 318 g/mol. The number of aryl methyl sites for hydroxylation is 1. The average molecular weight is 330 g/mol. The van der Waals surface area contributed by atoms with Crippen LogP contribution >= 0.6 is 27.3 Å². The van der Waals surface area contributed by atoms with E-state index in [0.29, 0.717) is 18.8 Å². The molecule has 0 saturated carbocycles. The molecule has 2 heterocycles. The monoisotopic (exact) mass is 329 g/mol. The number of aromatic nitrogens is 2. The lowest BCUT2D eigenvalue weighted by Gasteiger charge is -2.06. The Labute approximate surface area is 117 Å². The number of halogens is 1. The van der Waals surface area contributed by atoms with E-state index in [-0.39, 0.29) is 5.56 Å². The van der Waals surface area contributed by atoms with Crippen molar-refractivity contribution in [3.8, 4) is 0 Å². The molecule has 18 heavy (non-hydrogen) atoms. The van der Waals surface area contributed by atoms with E-state index in [9.17, 15) is 4.79 Å². The summed E-state index contributed by atoms with van der Waals surface area (Å²) in [5, 5.41) is 18.2. The number of carboxylic acids is 1. The van der Waals surface area contributed by atoms with Gasteiger partial charge in [0.2, 0.25) is 0 Å². The third-order valence-electron chi connectivity index (χ3n) is 2.56. The minimum Gasteiger partial charge on any atom is -0.478 e. The van der Waals surface area contributed by atoms with Crippen molar-refractivity contribution in [3.05, 3.63) is 38.3 Å². The highest BCUT2D eigenvalue weighted by Gasteiger charge is 2.14. The Morgan fingerprint density at radius 2 is 2.39 bits per heavy atom. The zero-order chi connectivity index (χ0) is 13.1. The van der Waals surface area contributed by atoms with Gasteiger partial charge in [-0.1, -0.05) is 0 Å². The molecule has 0 aliphatic heterocycles. The standard InChI is InChI=1S/C11H12BrN3O2S/c1-15-9(7(4-14-15)11(16)17)5-13-6-10-8(12)2-3-18-10/h2-4,13H,5-6H2,1H3,(H,16,17). The van der Waals surface area contributed by atoms with E-state index in [1.165, 1.54) is 11.1 Å². The molecule has 0 atom stereocenters. The highest BCUT2D eigenvalue weighted by Crippen LogP contribution is 2.22. The molecule has 0 aliphatic rings. The van der Waals surface area contributed by atoms with Gasteiger partial charge in [-0.3, -0.25) is 4.68 Å². The van der Waals surface area contributed by atoms with E-state index in [1.807, 2.05) is 11.4 Å². The molecule has 0 aromatic carbocycles. The lowest BCUT2D eigenvalue weighted by Crippen LogP contribution is -2.17. The molecule has 96 valence electrons. The maximum absolute atomic E-state index is 11.0. The molecule has 2 aromatic heterocycles. The van der Waals surface area contributed by atoms with Crippen molar-refractivity contribution >= 4 is 33.2 Å². The number of rotatable bonds is 5. The Morgan fingerprint density at radius 3 is 3.00 bits per heavy atom. The number of hydrogen-bond acceptors (Lipinski definition) is 4. The Kier molecular flexibility index (Phi) is 4.15. The molecule has 5 nitrogen and oxygen atoms in total. The van der Waals surface area contributed by atoms with Crippen molar-refractivity contribution in [2.24, 2.45) is 7.05 Å². The predicted octanol–water partition coefficient (Wildman–Crippen LogP) is 2.23. The number of aromatic carboxylic acids is 1. The summed E-state index contributed by atoms with van der Waals surface area (Å²) >= 11 is 5.11. The van der Waals surface area contributed by atoms with Gasteiger partial charge < -0.3 is 10.4 Å². The van der Waals surface area contributed by atoms with Crippen molar-refractivity contribution in [1.29, 1.82) is 0 Å². The Bertz CT molecular complexity index is 564. The molecule has 2 aromatic rings. The van der Waals surface area contributed by atoms with Crippen molar-refractivity contribution in [2.45, 2.75) is 13.1 Å². The number of nitrogens with zero attached hydrogens (tertiary/aromatic N) is 2. The largest absolute Gasteiger partial charge is 0.478 e. The van der Waals surface area contributed by atoms with Gasteiger partial charge in [-0.2, -0.15) is 5.10 Å². The number of carboxylic acid groups (broad SMARTS) is 1. The van der Waals surface area contributed by atoms with Crippen molar-refractivity contribution in [1.82, 2.24) is 15.1 Å². The molecule has 0 amide bonds. The van der Waals surface area contributed by atoms with Crippen LogP contribution in [0.2, 0.25) is 0 Å². The quantitative estimate of drug-likeness (QED) is 0.882. The van der Waals surface area contributed by atoms with Gasteiger partial charge in [0, 0.05) is 29.5 Å². The fraction of sp³-hybridized carbons (Fsp3) is 0.273. The van der Waals surface area contributed by atoms with E-state index in [1.54, 1.807) is 23.1 Å². The molecule has 0 aliphatic carbocycles. The van der Waals surface area contributed by atoms with Crippen molar-refractivity contribution in [2.75, 3.05) is 0 Å². The molecule has 0 fully saturated rings. The van der Waals surface area contributed by atoms with Gasteiger partial charge in [0.25, 0.3) is 0 Å². The lowest BCUT2D eigenvalue weighted by molar-refractivity contribution is 0.0695. The van der Waals surface area contributed by atoms with Crippen LogP contribution in [0.1, 0.15) is 20.9 Å². The topological polar surface area (TPSA) is 67.2 Å². The fourth-order valence-corrected chi connectivity index (χ4v) is 3.06. The molecule has 0 radical (unpaired) electrons. The van der Waals surface area contributed by atoms with Crippen LogP contribution < -0.4 is 5.32 Å². The second kappa shape index (κ2) is 5.64. The first-order chi connectivity index (χ1) is 8.59. The first-order valence-electron chi connectivity index (χ1n) is 5.26. The first kappa shape index (κ1) is 13.3. The summed E-state index contributed by atoms with van der Waals surface area (Å²) in [5.74, 6) is -0.947. The number of carbonyl (C=O) groups is 1. The second-order valence-corrected chi connectivity index (χ2v) is 5.58. The summed E-state index contributed by atoms with van der Waals surface area (Å²) in [6.07, 6.45) is 1.38. The third-order valence-corrected chi connectivity index (χ3v) is 4.49. The minimum atomic E-state index is -0.947. The van der Waals surface area contributed by atoms with Crippen LogP contribution in [0.25, 0.3) is 0 Å². The molecule has 7 heteroatoms. The molecule has 2 N–H and O–H groups in total. The molecule has 0 saturated heterocycles. The van der Waals surface area contributed by atoms with Gasteiger partial charge in [-0.05, 0) is 27.4 Å². The molecule has 2 rings (SSSR count). The summed E-state index contributed by atoms with van der Waals surface area (Å²) in [7, 11) is 1.74. The van der Waals surface area contributed by atoms with Crippen LogP contribution in [0.4, 0.5) is 0 Å². The molecular formula is C11H12BrN3O2S. The molecule has 0 spiro atoms. The van der Waals surface area contributed by atoms with Gasteiger partial charge in [-0.25, -0.2) is 4.79 Å². The first-order valence-corrected chi connectivity index (χ1v) is 6.93. The zero-order valence-corrected chi connectivity index (χ0v) is 12.1. The normalized spacial score (nSPS) is 10.8. The third kappa shape index (κ3) is 2.80. The van der Waals surface area contributed by atoms with E-state index < -0.39 is 5.97 Å². The van der Waals surface area contributed by atoms with Gasteiger partial charge in [0.15, 0.2) is 0 Å². The van der Waals surface area contributed by atoms with Gasteiger partial charge in [-0.15, -0.1) is 11.3 Å². The number of hydrogen-bond donors (Lipinski definition) is 2. The minimum absolute atomic E-state index is 0.246. The molecule has 0 bridgehead atoms. The van der Waals surface area contributed by atoms with E-state index in [0.717, 1.165) is 4.47 Å². The van der Waals surface area contributed by atoms with Crippen LogP contribution in [-0.2, 0) is 20.1 Å². The zero-order valence-electron chi connectivity index (χ0n) is 9.68. The summed E-state index contributed by atoms with van der Waals surface area (Å²) in [5.41, 5.74) is 0.922. The van der Waals surface area contributed by atoms with Gasteiger partial charge >= 0.3 is 5.97 Å². The summed E-state index contributed by atoms with van der Waals surface area (Å²) in [4.78, 5) is 12.2. The predicted molar refractivity (Wildman–Crippen MR) is 72.7 cm³/mol. The highest BCUT2D eigenvalue weighted by molar-refractivity contribution is 9.10. The summed E-state index contributed by atoms with van der Waals surface area (Å²) in [6.45, 7) is 1.17. The average Bonchev–Trinajstić information content (AvgIpc) is 2.87. The van der Waals surface area contributed by atoms with Crippen LogP contribution in [0.5, 0.6) is 0 Å². The SMILES string of the molecule is Cn1ncc(C(=O)O)c1CNCc1sccc1Br. The van der Waals surface area contributed by atoms with E-state index >= 15 is 0 Å². The lowest BCUT2D eigenvalue weighted by atomic mass is 10.2. The molecule has 0 unspecified atom stereocenters. The smallest absolute Gasteiger partial charge is 0.339 e. The van der Waals surface area contributed by atoms with Crippen LogP contribution in [0.3, 0.4) is 0 Å². The van der Waals surface area contributed by atoms with E-state index in [4.69, 9.17) is 5.11 Å². The number of nitrogens with one attached hydrogen (secondary N) is 1. The maximum atomic E-state index is 11.0. The van der Waals surface area contributed by atoms with Crippen molar-refractivity contribution < 1.29 is 9.90 Å². The Hall–Kier alpha value is -1.18. The number of thiophene rings is 1. The fourth-order valence-electron chi connectivity index (χ4n) is 1.60. The second-order valence-electron chi connectivity index (χ2n) is 3.73. The summed E-state index contributed by atoms with van der Waals surface area (Å²) < 4.78 is 2.66. The van der Waals surface area contributed by atoms with Crippen molar-refractivity contribution in [3.63, 3.8) is 0 Å². The maximum Gasteiger partial charge on any atom is 0.339 e. The van der Waals surface area contributed by atoms with Crippen LogP contribution in [0.15, 0.2) is 22.1 Å². The van der Waals surface area contributed by atoms with Crippen LogP contribution in [0, 0.1) is 0 Å². The summed E-state index contributed by atoms with van der Waals surface area (Å²) in [6, 6.07) is 1.99. The Morgan fingerprint density at radius 1 is 1.61 bits per heavy atom. The highest BCUT2D eigenvalue weighted by atomic mass is 79.9.